The van der Waals surface area contributed by atoms with Gasteiger partial charge in [0.05, 0.1) is 24.7 Å². The molecule has 0 spiro atoms. The molecular weight excluding hydrogens is 496 g/mol. The average molecular weight is 529 g/mol. The lowest BCUT2D eigenvalue weighted by Gasteiger charge is -2.22. The van der Waals surface area contributed by atoms with Gasteiger partial charge < -0.3 is 4.57 Å². The van der Waals surface area contributed by atoms with Gasteiger partial charge in [-0.15, -0.1) is 0 Å². The topological polar surface area (TPSA) is 83.8 Å². The smallest absolute Gasteiger partial charge is 0.271 e. The van der Waals surface area contributed by atoms with Crippen molar-refractivity contribution >= 4 is 27.8 Å². The Balaban J connectivity index is 1.47. The number of amides is 1. The second-order valence-electron chi connectivity index (χ2n) is 9.43. The lowest BCUT2D eigenvalue weighted by molar-refractivity contribution is 0.0955. The summed E-state index contributed by atoms with van der Waals surface area (Å²) in [4.78, 5) is 12.7. The van der Waals surface area contributed by atoms with Gasteiger partial charge in [-0.3, -0.25) is 9.10 Å². The van der Waals surface area contributed by atoms with Crippen LogP contribution in [0.5, 0.6) is 0 Å². The summed E-state index contributed by atoms with van der Waals surface area (Å²) in [7, 11) is -3.52. The molecule has 0 bridgehead atoms. The predicted octanol–water partition coefficient (Wildman–Crippen LogP) is 5.44. The third-order valence-electron chi connectivity index (χ3n) is 6.58. The summed E-state index contributed by atoms with van der Waals surface area (Å²) < 4.78 is 28.3. The van der Waals surface area contributed by atoms with Gasteiger partial charge in [-0.1, -0.05) is 36.4 Å². The number of rotatable bonds is 8. The number of hydrazone groups is 1. The van der Waals surface area contributed by atoms with Crippen molar-refractivity contribution in [1.29, 1.82) is 0 Å². The summed E-state index contributed by atoms with van der Waals surface area (Å²) in [6, 6.07) is 24.2. The van der Waals surface area contributed by atoms with E-state index in [0.29, 0.717) is 11.3 Å². The molecule has 0 aliphatic carbocycles. The minimum atomic E-state index is -3.52. The van der Waals surface area contributed by atoms with E-state index in [9.17, 15) is 13.2 Å². The number of hydrogen-bond acceptors (Lipinski definition) is 4. The molecule has 0 atom stereocenters. The monoisotopic (exact) mass is 528 g/mol. The molecule has 0 aliphatic rings. The van der Waals surface area contributed by atoms with Crippen LogP contribution in [0, 0.1) is 27.7 Å². The standard InChI is InChI=1S/C30H32N4O3S/c1-21-11-14-29(17-22(21)2)34-23(3)18-27(24(34)4)19-31-32-30(35)26-12-15-28(16-13-26)33(38(5,36)37)20-25-9-7-6-8-10-25/h6-19H,20H2,1-5H3,(H,32,35)/b31-19-. The van der Waals surface area contributed by atoms with Crippen molar-refractivity contribution in [2.45, 2.75) is 34.2 Å². The number of carbonyl (C=O) groups excluding carboxylic acids is 1. The van der Waals surface area contributed by atoms with Gasteiger partial charge in [-0.05, 0) is 86.8 Å². The minimum Gasteiger partial charge on any atom is -0.318 e. The summed E-state index contributed by atoms with van der Waals surface area (Å²) in [6.07, 6.45) is 2.81. The second kappa shape index (κ2) is 11.1. The maximum atomic E-state index is 12.7. The zero-order chi connectivity index (χ0) is 27.4. The van der Waals surface area contributed by atoms with E-state index in [2.05, 4.69) is 47.1 Å². The summed E-state index contributed by atoms with van der Waals surface area (Å²) in [5.41, 5.74) is 10.8. The van der Waals surface area contributed by atoms with E-state index in [1.807, 2.05) is 50.2 Å². The Morgan fingerprint density at radius 2 is 1.61 bits per heavy atom. The van der Waals surface area contributed by atoms with Crippen LogP contribution in [0.2, 0.25) is 0 Å². The summed E-state index contributed by atoms with van der Waals surface area (Å²) in [6.45, 7) is 8.45. The number of sulfonamides is 1. The van der Waals surface area contributed by atoms with Crippen LogP contribution in [0.15, 0.2) is 84.0 Å². The van der Waals surface area contributed by atoms with Crippen molar-refractivity contribution in [2.24, 2.45) is 5.10 Å². The second-order valence-corrected chi connectivity index (χ2v) is 11.3. The Morgan fingerprint density at radius 3 is 2.24 bits per heavy atom. The van der Waals surface area contributed by atoms with Gasteiger partial charge in [-0.2, -0.15) is 5.10 Å². The third-order valence-corrected chi connectivity index (χ3v) is 7.72. The van der Waals surface area contributed by atoms with Gasteiger partial charge in [0.25, 0.3) is 5.91 Å². The fourth-order valence-electron chi connectivity index (χ4n) is 4.33. The van der Waals surface area contributed by atoms with Crippen LogP contribution < -0.4 is 9.73 Å². The first-order valence-corrected chi connectivity index (χ1v) is 14.1. The average Bonchev–Trinajstić information content (AvgIpc) is 3.17. The van der Waals surface area contributed by atoms with Gasteiger partial charge in [0.2, 0.25) is 10.0 Å². The molecule has 1 aromatic heterocycles. The van der Waals surface area contributed by atoms with E-state index in [-0.39, 0.29) is 12.5 Å². The van der Waals surface area contributed by atoms with E-state index < -0.39 is 10.0 Å². The normalized spacial score (nSPS) is 11.6. The number of carbonyl (C=O) groups is 1. The maximum absolute atomic E-state index is 12.7. The first-order chi connectivity index (χ1) is 18.0. The highest BCUT2D eigenvalue weighted by atomic mass is 32.2. The molecule has 0 fully saturated rings. The minimum absolute atomic E-state index is 0.204. The molecule has 4 aromatic rings. The van der Waals surface area contributed by atoms with E-state index in [1.165, 1.54) is 21.7 Å². The van der Waals surface area contributed by atoms with Crippen molar-refractivity contribution < 1.29 is 13.2 Å². The van der Waals surface area contributed by atoms with E-state index in [1.54, 1.807) is 30.5 Å². The molecule has 0 saturated heterocycles. The van der Waals surface area contributed by atoms with Crippen LogP contribution in [0.25, 0.3) is 5.69 Å². The Bertz CT molecular complexity index is 1590. The van der Waals surface area contributed by atoms with Gasteiger partial charge in [-0.25, -0.2) is 13.8 Å². The highest BCUT2D eigenvalue weighted by Gasteiger charge is 2.18. The van der Waals surface area contributed by atoms with E-state index >= 15 is 0 Å². The SMILES string of the molecule is Cc1ccc(-n2c(C)cc(/C=N\NC(=O)c3ccc(N(Cc4ccccc4)S(C)(=O)=O)cc3)c2C)cc1C. The van der Waals surface area contributed by atoms with Crippen LogP contribution in [0.1, 0.15) is 44.0 Å². The Labute approximate surface area is 224 Å². The lowest BCUT2D eigenvalue weighted by atomic mass is 10.1. The van der Waals surface area contributed by atoms with Crippen LogP contribution in [0.4, 0.5) is 5.69 Å². The van der Waals surface area contributed by atoms with E-state index in [0.717, 1.165) is 28.2 Å². The van der Waals surface area contributed by atoms with Crippen molar-refractivity contribution in [3.63, 3.8) is 0 Å². The molecule has 8 heteroatoms. The predicted molar refractivity (Wildman–Crippen MR) is 154 cm³/mol. The van der Waals surface area contributed by atoms with Crippen molar-refractivity contribution in [2.75, 3.05) is 10.6 Å². The quantitative estimate of drug-likeness (QED) is 0.244. The molecule has 0 unspecified atom stereocenters. The van der Waals surface area contributed by atoms with E-state index in [4.69, 9.17) is 0 Å². The fraction of sp³-hybridized carbons (Fsp3) is 0.200. The van der Waals surface area contributed by atoms with Crippen molar-refractivity contribution in [3.05, 3.63) is 118 Å². The molecule has 1 heterocycles. The van der Waals surface area contributed by atoms with Crippen LogP contribution in [-0.4, -0.2) is 31.4 Å². The zero-order valence-corrected chi connectivity index (χ0v) is 23.1. The molecule has 1 N–H and O–H groups in total. The molecule has 7 nitrogen and oxygen atoms in total. The number of benzene rings is 3. The maximum Gasteiger partial charge on any atom is 0.271 e. The molecule has 0 aliphatic heterocycles. The largest absolute Gasteiger partial charge is 0.318 e. The number of hydrogen-bond donors (Lipinski definition) is 1. The van der Waals surface area contributed by atoms with Crippen LogP contribution in [-0.2, 0) is 16.6 Å². The number of nitrogens with one attached hydrogen (secondary N) is 1. The number of nitrogens with zero attached hydrogens (tertiary/aromatic N) is 3. The first kappa shape index (κ1) is 26.9. The molecule has 38 heavy (non-hydrogen) atoms. The van der Waals surface area contributed by atoms with Gasteiger partial charge >= 0.3 is 0 Å². The van der Waals surface area contributed by atoms with Gasteiger partial charge in [0, 0.05) is 28.2 Å². The Morgan fingerprint density at radius 1 is 0.921 bits per heavy atom. The van der Waals surface area contributed by atoms with Crippen molar-refractivity contribution in [3.8, 4) is 5.69 Å². The highest BCUT2D eigenvalue weighted by Crippen LogP contribution is 2.23. The number of anilines is 1. The molecule has 4 rings (SSSR count). The molecule has 196 valence electrons. The number of aryl methyl sites for hydroxylation is 3. The molecule has 3 aromatic carbocycles. The first-order valence-electron chi connectivity index (χ1n) is 12.3. The molecule has 0 radical (unpaired) electrons. The van der Waals surface area contributed by atoms with Gasteiger partial charge in [0.15, 0.2) is 0 Å². The summed E-state index contributed by atoms with van der Waals surface area (Å²) >= 11 is 0. The van der Waals surface area contributed by atoms with Crippen LogP contribution >= 0.6 is 0 Å². The fourth-order valence-corrected chi connectivity index (χ4v) is 5.22. The molecule has 1 amide bonds. The summed E-state index contributed by atoms with van der Waals surface area (Å²) in [5.74, 6) is -0.385. The van der Waals surface area contributed by atoms with Crippen molar-refractivity contribution in [1.82, 2.24) is 9.99 Å². The Kier molecular flexibility index (Phi) is 7.83. The Hall–Kier alpha value is -4.17. The highest BCUT2D eigenvalue weighted by molar-refractivity contribution is 7.92. The lowest BCUT2D eigenvalue weighted by Crippen LogP contribution is -2.29. The molecule has 0 saturated carbocycles. The zero-order valence-electron chi connectivity index (χ0n) is 22.3. The van der Waals surface area contributed by atoms with Crippen LogP contribution in [0.3, 0.4) is 0 Å². The molecular formula is C30H32N4O3S. The number of aromatic nitrogens is 1. The summed E-state index contributed by atoms with van der Waals surface area (Å²) in [5, 5.41) is 4.17. The third kappa shape index (κ3) is 6.03. The van der Waals surface area contributed by atoms with Gasteiger partial charge in [0.1, 0.15) is 0 Å².